The van der Waals surface area contributed by atoms with Gasteiger partial charge in [-0.05, 0) is 43.2 Å². The Kier molecular flexibility index (Phi) is 5.59. The smallest absolute Gasteiger partial charge is 0.0422 e. The first-order chi connectivity index (χ1) is 9.65. The van der Waals surface area contributed by atoms with Crippen molar-refractivity contribution in [1.29, 1.82) is 0 Å². The van der Waals surface area contributed by atoms with Gasteiger partial charge >= 0.3 is 0 Å². The van der Waals surface area contributed by atoms with Gasteiger partial charge < -0.3 is 5.73 Å². The van der Waals surface area contributed by atoms with Gasteiger partial charge in [0.05, 0.1) is 0 Å². The highest BCUT2D eigenvalue weighted by molar-refractivity contribution is 5.16. The van der Waals surface area contributed by atoms with Crippen LogP contribution < -0.4 is 5.73 Å². The van der Waals surface area contributed by atoms with E-state index >= 15 is 0 Å². The van der Waals surface area contributed by atoms with Crippen molar-refractivity contribution >= 4 is 0 Å². The molecule has 0 aromatic carbocycles. The fourth-order valence-corrected chi connectivity index (χ4v) is 3.51. The average molecular weight is 274 g/mol. The van der Waals surface area contributed by atoms with Crippen LogP contribution in [0.1, 0.15) is 70.1 Å². The topological polar surface area (TPSA) is 38.9 Å². The lowest BCUT2D eigenvalue weighted by Crippen LogP contribution is -2.41. The molecule has 20 heavy (non-hydrogen) atoms. The van der Waals surface area contributed by atoms with Crippen LogP contribution in [0.4, 0.5) is 0 Å². The molecule has 0 spiro atoms. The van der Waals surface area contributed by atoms with Crippen molar-refractivity contribution in [3.8, 4) is 0 Å². The minimum absolute atomic E-state index is 0.0246. The van der Waals surface area contributed by atoms with Crippen molar-refractivity contribution in [2.75, 3.05) is 0 Å². The van der Waals surface area contributed by atoms with Gasteiger partial charge in [-0.1, -0.05) is 45.6 Å². The molecular weight excluding hydrogens is 244 g/mol. The van der Waals surface area contributed by atoms with Crippen LogP contribution in [0.5, 0.6) is 0 Å². The van der Waals surface area contributed by atoms with E-state index in [-0.39, 0.29) is 5.54 Å². The molecule has 1 heterocycles. The van der Waals surface area contributed by atoms with E-state index in [4.69, 9.17) is 5.73 Å². The van der Waals surface area contributed by atoms with E-state index in [1.807, 2.05) is 6.20 Å². The van der Waals surface area contributed by atoms with Crippen molar-refractivity contribution < 1.29 is 0 Å². The van der Waals surface area contributed by atoms with Gasteiger partial charge in [0.2, 0.25) is 0 Å². The van der Waals surface area contributed by atoms with Crippen molar-refractivity contribution in [2.24, 2.45) is 11.7 Å². The minimum atomic E-state index is -0.0246. The van der Waals surface area contributed by atoms with Gasteiger partial charge in [-0.25, -0.2) is 0 Å². The quantitative estimate of drug-likeness (QED) is 0.815. The van der Waals surface area contributed by atoms with E-state index in [0.717, 1.165) is 31.6 Å². The van der Waals surface area contributed by atoms with Crippen LogP contribution in [-0.4, -0.2) is 10.5 Å². The number of nitrogens with zero attached hydrogens (tertiary/aromatic N) is 1. The fraction of sp³-hybridized carbons (Fsp3) is 0.722. The molecule has 0 aliphatic heterocycles. The van der Waals surface area contributed by atoms with Crippen molar-refractivity contribution in [2.45, 2.75) is 77.2 Å². The van der Waals surface area contributed by atoms with Crippen LogP contribution in [0.3, 0.4) is 0 Å². The number of nitrogens with two attached hydrogens (primary N) is 1. The number of aryl methyl sites for hydroxylation is 1. The average Bonchev–Trinajstić information content (AvgIpc) is 2.63. The fourth-order valence-electron chi connectivity index (χ4n) is 3.51. The molecule has 2 N–H and O–H groups in total. The molecule has 1 aliphatic carbocycles. The highest BCUT2D eigenvalue weighted by atomic mass is 14.8. The van der Waals surface area contributed by atoms with Crippen molar-refractivity contribution in [1.82, 2.24) is 4.98 Å². The normalized spacial score (nSPS) is 27.2. The Morgan fingerprint density at radius 3 is 2.75 bits per heavy atom. The van der Waals surface area contributed by atoms with Crippen LogP contribution in [0, 0.1) is 5.92 Å². The van der Waals surface area contributed by atoms with Crippen LogP contribution in [0.25, 0.3) is 0 Å². The van der Waals surface area contributed by atoms with Gasteiger partial charge in [0.15, 0.2) is 0 Å². The Morgan fingerprint density at radius 1 is 1.25 bits per heavy atom. The second-order valence-corrected chi connectivity index (χ2v) is 6.64. The summed E-state index contributed by atoms with van der Waals surface area (Å²) < 4.78 is 0. The zero-order valence-electron chi connectivity index (χ0n) is 13.2. The Bertz CT molecular complexity index is 398. The Hall–Kier alpha value is -0.890. The predicted octanol–water partition coefficient (Wildman–Crippen LogP) is 4.26. The summed E-state index contributed by atoms with van der Waals surface area (Å²) in [4.78, 5) is 4.59. The Morgan fingerprint density at radius 2 is 2.10 bits per heavy atom. The number of rotatable bonds is 5. The first kappa shape index (κ1) is 15.5. The second-order valence-electron chi connectivity index (χ2n) is 6.64. The zero-order valence-corrected chi connectivity index (χ0v) is 13.2. The third-order valence-corrected chi connectivity index (χ3v) is 4.86. The zero-order chi connectivity index (χ0) is 14.4. The number of hydrogen-bond donors (Lipinski definition) is 1. The SMILES string of the molecule is CCCC1CCCC(N)(Cc2ccc(CC)cn2)CC1. The van der Waals surface area contributed by atoms with Crippen LogP contribution in [0.15, 0.2) is 18.3 Å². The van der Waals surface area contributed by atoms with Crippen LogP contribution >= 0.6 is 0 Å². The molecule has 1 aliphatic rings. The highest BCUT2D eigenvalue weighted by Crippen LogP contribution is 2.32. The summed E-state index contributed by atoms with van der Waals surface area (Å²) in [6.45, 7) is 4.46. The monoisotopic (exact) mass is 274 g/mol. The van der Waals surface area contributed by atoms with E-state index in [1.165, 1.54) is 43.4 Å². The second kappa shape index (κ2) is 7.21. The first-order valence-corrected chi connectivity index (χ1v) is 8.38. The maximum Gasteiger partial charge on any atom is 0.0422 e. The summed E-state index contributed by atoms with van der Waals surface area (Å²) in [6, 6.07) is 4.37. The predicted molar refractivity (Wildman–Crippen MR) is 85.7 cm³/mol. The summed E-state index contributed by atoms with van der Waals surface area (Å²) in [5, 5.41) is 0. The van der Waals surface area contributed by atoms with Gasteiger partial charge in [0, 0.05) is 23.9 Å². The lowest BCUT2D eigenvalue weighted by molar-refractivity contribution is 0.352. The maximum atomic E-state index is 6.68. The summed E-state index contributed by atoms with van der Waals surface area (Å²) in [5.74, 6) is 0.904. The number of aromatic nitrogens is 1. The molecular formula is C18H30N2. The lowest BCUT2D eigenvalue weighted by atomic mass is 9.85. The molecule has 1 aromatic rings. The maximum absolute atomic E-state index is 6.68. The van der Waals surface area contributed by atoms with Gasteiger partial charge in [-0.15, -0.1) is 0 Å². The summed E-state index contributed by atoms with van der Waals surface area (Å²) in [6.07, 6.45) is 13.0. The third-order valence-electron chi connectivity index (χ3n) is 4.86. The molecule has 1 saturated carbocycles. The summed E-state index contributed by atoms with van der Waals surface area (Å²) in [7, 11) is 0. The van der Waals surface area contributed by atoms with Gasteiger partial charge in [-0.2, -0.15) is 0 Å². The van der Waals surface area contributed by atoms with Gasteiger partial charge in [0.25, 0.3) is 0 Å². The molecule has 112 valence electrons. The molecule has 0 amide bonds. The number of pyridine rings is 1. The van der Waals surface area contributed by atoms with E-state index in [2.05, 4.69) is 31.0 Å². The molecule has 0 saturated heterocycles. The molecule has 0 bridgehead atoms. The summed E-state index contributed by atoms with van der Waals surface area (Å²) >= 11 is 0. The Labute approximate surface area is 124 Å². The van der Waals surface area contributed by atoms with E-state index in [1.54, 1.807) is 0 Å². The third kappa shape index (κ3) is 4.31. The first-order valence-electron chi connectivity index (χ1n) is 8.38. The Balaban J connectivity index is 1.95. The molecule has 1 aromatic heterocycles. The van der Waals surface area contributed by atoms with Crippen molar-refractivity contribution in [3.63, 3.8) is 0 Å². The lowest BCUT2D eigenvalue weighted by Gasteiger charge is -2.28. The minimum Gasteiger partial charge on any atom is -0.325 e. The largest absolute Gasteiger partial charge is 0.325 e. The molecule has 2 nitrogen and oxygen atoms in total. The van der Waals surface area contributed by atoms with Gasteiger partial charge in [0.1, 0.15) is 0 Å². The van der Waals surface area contributed by atoms with E-state index in [0.29, 0.717) is 0 Å². The highest BCUT2D eigenvalue weighted by Gasteiger charge is 2.29. The van der Waals surface area contributed by atoms with Gasteiger partial charge in [-0.3, -0.25) is 4.98 Å². The molecule has 2 rings (SSSR count). The van der Waals surface area contributed by atoms with E-state index < -0.39 is 0 Å². The van der Waals surface area contributed by atoms with Crippen LogP contribution in [0.2, 0.25) is 0 Å². The molecule has 0 radical (unpaired) electrons. The van der Waals surface area contributed by atoms with Crippen molar-refractivity contribution in [3.05, 3.63) is 29.6 Å². The van der Waals surface area contributed by atoms with E-state index in [9.17, 15) is 0 Å². The number of hydrogen-bond acceptors (Lipinski definition) is 2. The molecule has 1 fully saturated rings. The van der Waals surface area contributed by atoms with Crippen LogP contribution in [-0.2, 0) is 12.8 Å². The summed E-state index contributed by atoms with van der Waals surface area (Å²) in [5.41, 5.74) is 9.13. The molecule has 2 atom stereocenters. The molecule has 2 heteroatoms. The standard InChI is InChI=1S/C18H30N2/c1-3-6-16-7-5-11-18(19,12-10-16)13-17-9-8-15(4-2)14-20-17/h8-9,14,16H,3-7,10-13,19H2,1-2H3. The molecule has 2 unspecified atom stereocenters.